The number of hydrogen-bond acceptors (Lipinski definition) is 6. The molecule has 1 amide bonds. The highest BCUT2D eigenvalue weighted by Crippen LogP contribution is 2.39. The summed E-state index contributed by atoms with van der Waals surface area (Å²) in [6.07, 6.45) is 3.05. The molecule has 1 N–H and O–H groups in total. The number of carbonyl (C=O) groups excluding carboxylic acids is 1. The van der Waals surface area contributed by atoms with Crippen LogP contribution in [0.3, 0.4) is 0 Å². The molecule has 3 heterocycles. The number of carbonyl (C=O) groups is 1. The molecule has 32 heavy (non-hydrogen) atoms. The summed E-state index contributed by atoms with van der Waals surface area (Å²) in [6.45, 7) is 0. The van der Waals surface area contributed by atoms with Gasteiger partial charge in [-0.25, -0.2) is 0 Å². The van der Waals surface area contributed by atoms with Crippen molar-refractivity contribution in [2.45, 2.75) is 30.5 Å². The van der Waals surface area contributed by atoms with Crippen molar-refractivity contribution < 1.29 is 4.79 Å². The Morgan fingerprint density at radius 2 is 2.06 bits per heavy atom. The largest absolute Gasteiger partial charge is 0.310 e. The fourth-order valence-corrected chi connectivity index (χ4v) is 5.10. The number of rotatable bonds is 8. The lowest BCUT2D eigenvalue weighted by Gasteiger charge is -2.08. The number of benzene rings is 1. The van der Waals surface area contributed by atoms with E-state index in [0.717, 1.165) is 41.5 Å². The maximum atomic E-state index is 12.6. The van der Waals surface area contributed by atoms with Gasteiger partial charge in [-0.3, -0.25) is 9.48 Å². The number of amides is 1. The van der Waals surface area contributed by atoms with E-state index >= 15 is 0 Å². The van der Waals surface area contributed by atoms with Crippen LogP contribution < -0.4 is 5.32 Å². The third-order valence-corrected chi connectivity index (χ3v) is 7.25. The van der Waals surface area contributed by atoms with Gasteiger partial charge in [-0.1, -0.05) is 41.6 Å². The zero-order valence-corrected chi connectivity index (χ0v) is 19.8. The second kappa shape index (κ2) is 9.09. The number of nitrogens with one attached hydrogen (secondary N) is 1. The molecule has 1 aliphatic carbocycles. The fourth-order valence-electron chi connectivity index (χ4n) is 3.45. The monoisotopic (exact) mass is 484 g/mol. The molecule has 0 bridgehead atoms. The summed E-state index contributed by atoms with van der Waals surface area (Å²) in [7, 11) is 1.81. The van der Waals surface area contributed by atoms with Crippen molar-refractivity contribution in [1.29, 1.82) is 0 Å². The van der Waals surface area contributed by atoms with Crippen molar-refractivity contribution in [3.05, 3.63) is 63.6 Å². The van der Waals surface area contributed by atoms with Gasteiger partial charge in [0.1, 0.15) is 11.6 Å². The minimum atomic E-state index is -0.106. The van der Waals surface area contributed by atoms with Crippen LogP contribution in [-0.2, 0) is 18.3 Å². The molecule has 1 fully saturated rings. The smallest absolute Gasteiger partial charge is 0.235 e. The van der Waals surface area contributed by atoms with Gasteiger partial charge in [-0.2, -0.15) is 5.10 Å². The average molecular weight is 485 g/mol. The van der Waals surface area contributed by atoms with Gasteiger partial charge in [-0.05, 0) is 36.4 Å². The molecule has 0 aliphatic heterocycles. The number of thiophene rings is 1. The molecule has 0 spiro atoms. The van der Waals surface area contributed by atoms with Crippen molar-refractivity contribution in [3.63, 3.8) is 0 Å². The number of aromatic nitrogens is 5. The lowest BCUT2D eigenvalue weighted by atomic mass is 10.1. The molecule has 5 rings (SSSR count). The Bertz CT molecular complexity index is 1230. The van der Waals surface area contributed by atoms with E-state index in [1.165, 1.54) is 16.6 Å². The minimum Gasteiger partial charge on any atom is -0.310 e. The van der Waals surface area contributed by atoms with E-state index in [1.54, 1.807) is 16.0 Å². The maximum Gasteiger partial charge on any atom is 0.235 e. The molecule has 0 radical (unpaired) electrons. The molecule has 3 aromatic heterocycles. The zero-order valence-electron chi connectivity index (χ0n) is 17.4. The Morgan fingerprint density at radius 3 is 2.78 bits per heavy atom. The maximum absolute atomic E-state index is 12.6. The third kappa shape index (κ3) is 4.74. The van der Waals surface area contributed by atoms with Gasteiger partial charge in [0.05, 0.1) is 11.4 Å². The number of anilines is 1. The summed E-state index contributed by atoms with van der Waals surface area (Å²) in [5, 5.41) is 19.8. The van der Waals surface area contributed by atoms with Gasteiger partial charge in [-0.15, -0.1) is 21.5 Å². The summed E-state index contributed by atoms with van der Waals surface area (Å²) >= 11 is 9.11. The molecule has 7 nitrogen and oxygen atoms in total. The van der Waals surface area contributed by atoms with Crippen LogP contribution in [0, 0.1) is 0 Å². The number of thioether (sulfide) groups is 1. The van der Waals surface area contributed by atoms with E-state index in [2.05, 4.69) is 42.7 Å². The molecule has 0 saturated heterocycles. The summed E-state index contributed by atoms with van der Waals surface area (Å²) in [6, 6.07) is 13.9. The first kappa shape index (κ1) is 21.2. The highest BCUT2D eigenvalue weighted by Gasteiger charge is 2.30. The standard InChI is InChI=1S/C22H21ClN6OS2/c1-28-19(12-18(27-28)14-4-6-15(23)7-5-14)24-21(30)13-32-22-26-25-20(29(22)16-8-9-16)11-17-3-2-10-31-17/h2-7,10,12,16H,8-9,11,13H2,1H3,(H,24,30). The molecule has 1 aromatic carbocycles. The summed E-state index contributed by atoms with van der Waals surface area (Å²) in [4.78, 5) is 13.9. The Hall–Kier alpha value is -2.62. The van der Waals surface area contributed by atoms with Crippen LogP contribution in [0.4, 0.5) is 5.82 Å². The van der Waals surface area contributed by atoms with Gasteiger partial charge < -0.3 is 9.88 Å². The Morgan fingerprint density at radius 1 is 1.25 bits per heavy atom. The predicted octanol–water partition coefficient (Wildman–Crippen LogP) is 5.05. The van der Waals surface area contributed by atoms with Crippen LogP contribution in [0.25, 0.3) is 11.3 Å². The highest BCUT2D eigenvalue weighted by molar-refractivity contribution is 7.99. The van der Waals surface area contributed by atoms with Crippen molar-refractivity contribution in [1.82, 2.24) is 24.5 Å². The van der Waals surface area contributed by atoms with Crippen molar-refractivity contribution >= 4 is 46.4 Å². The second-order valence-corrected chi connectivity index (χ2v) is 10.0. The van der Waals surface area contributed by atoms with Gasteiger partial charge in [0.25, 0.3) is 0 Å². The van der Waals surface area contributed by atoms with E-state index in [1.807, 2.05) is 37.4 Å². The Kier molecular flexibility index (Phi) is 6.03. The first-order valence-electron chi connectivity index (χ1n) is 10.3. The summed E-state index contributed by atoms with van der Waals surface area (Å²) in [5.74, 6) is 1.76. The lowest BCUT2D eigenvalue weighted by molar-refractivity contribution is -0.113. The number of hydrogen-bond donors (Lipinski definition) is 1. The topological polar surface area (TPSA) is 77.6 Å². The third-order valence-electron chi connectivity index (χ3n) is 5.18. The van der Waals surface area contributed by atoms with Crippen molar-refractivity contribution in [3.8, 4) is 11.3 Å². The SMILES string of the molecule is Cn1nc(-c2ccc(Cl)cc2)cc1NC(=O)CSc1nnc(Cc2cccs2)n1C1CC1. The van der Waals surface area contributed by atoms with Crippen LogP contribution in [-0.4, -0.2) is 36.2 Å². The first-order valence-corrected chi connectivity index (χ1v) is 12.5. The van der Waals surface area contributed by atoms with Gasteiger partial charge in [0.15, 0.2) is 5.16 Å². The number of aryl methyl sites for hydroxylation is 1. The average Bonchev–Trinajstić information content (AvgIpc) is 3.16. The molecular weight excluding hydrogens is 464 g/mol. The minimum absolute atomic E-state index is 0.106. The van der Waals surface area contributed by atoms with E-state index in [4.69, 9.17) is 11.6 Å². The Balaban J connectivity index is 1.24. The number of halogens is 1. The summed E-state index contributed by atoms with van der Waals surface area (Å²) < 4.78 is 3.87. The van der Waals surface area contributed by atoms with E-state index in [-0.39, 0.29) is 11.7 Å². The molecule has 0 atom stereocenters. The molecule has 1 aliphatic rings. The second-order valence-electron chi connectivity index (χ2n) is 7.64. The fraction of sp³-hybridized carbons (Fsp3) is 0.273. The van der Waals surface area contributed by atoms with Crippen molar-refractivity contribution in [2.75, 3.05) is 11.1 Å². The van der Waals surface area contributed by atoms with Gasteiger partial charge in [0, 0.05) is 41.0 Å². The molecule has 0 unspecified atom stereocenters. The van der Waals surface area contributed by atoms with Crippen LogP contribution in [0.2, 0.25) is 5.02 Å². The van der Waals surface area contributed by atoms with Crippen molar-refractivity contribution in [2.24, 2.45) is 7.05 Å². The van der Waals surface area contributed by atoms with Crippen LogP contribution in [0.1, 0.15) is 29.6 Å². The lowest BCUT2D eigenvalue weighted by Crippen LogP contribution is -2.17. The van der Waals surface area contributed by atoms with Crippen LogP contribution in [0.15, 0.2) is 53.0 Å². The van der Waals surface area contributed by atoms with Gasteiger partial charge in [0.2, 0.25) is 5.91 Å². The molecule has 1 saturated carbocycles. The molecule has 4 aromatic rings. The molecule has 164 valence electrons. The number of nitrogens with zero attached hydrogens (tertiary/aromatic N) is 5. The zero-order chi connectivity index (χ0) is 22.1. The van der Waals surface area contributed by atoms with E-state index in [9.17, 15) is 4.79 Å². The normalized spacial score (nSPS) is 13.4. The van der Waals surface area contributed by atoms with Gasteiger partial charge >= 0.3 is 0 Å². The first-order chi connectivity index (χ1) is 15.6. The predicted molar refractivity (Wildman–Crippen MR) is 128 cm³/mol. The van der Waals surface area contributed by atoms with Crippen LogP contribution >= 0.6 is 34.7 Å². The van der Waals surface area contributed by atoms with E-state index < -0.39 is 0 Å². The van der Waals surface area contributed by atoms with E-state index in [0.29, 0.717) is 16.9 Å². The van der Waals surface area contributed by atoms with Crippen LogP contribution in [0.5, 0.6) is 0 Å². The summed E-state index contributed by atoms with van der Waals surface area (Å²) in [5.41, 5.74) is 1.72. The molecular formula is C22H21ClN6OS2. The highest BCUT2D eigenvalue weighted by atomic mass is 35.5. The quantitative estimate of drug-likeness (QED) is 0.354. The Labute approximate surface area is 198 Å². The molecule has 10 heteroatoms.